The van der Waals surface area contributed by atoms with Gasteiger partial charge in [-0.1, -0.05) is 0 Å². The van der Waals surface area contributed by atoms with E-state index in [0.29, 0.717) is 0 Å². The quantitative estimate of drug-likeness (QED) is 0.402. The minimum absolute atomic E-state index is 0.885. The molecule has 0 aliphatic rings. The molecule has 0 spiro atoms. The van der Waals surface area contributed by atoms with Crippen molar-refractivity contribution in [2.75, 3.05) is 0 Å². The molecule has 0 amide bonds. The molecule has 3 radical (unpaired) electrons. The Morgan fingerprint density at radius 3 is 2.60 bits per heavy atom. The number of carbonyl (C=O) groups excluding carboxylic acids is 1. The van der Waals surface area contributed by atoms with Gasteiger partial charge in [0.1, 0.15) is 0 Å². The fraction of sp³-hybridized carbons (Fsp3) is 0.333. The molecule has 0 aliphatic carbocycles. The fourth-order valence-corrected chi connectivity index (χ4v) is 0.280. The van der Waals surface area contributed by atoms with Crippen LogP contribution in [0.15, 0.2) is 6.08 Å². The summed E-state index contributed by atoms with van der Waals surface area (Å²) >= 11 is 1.37. The first-order valence-corrected chi connectivity index (χ1v) is 3.27. The van der Waals surface area contributed by atoms with Crippen molar-refractivity contribution in [3.05, 3.63) is 6.08 Å². The van der Waals surface area contributed by atoms with Gasteiger partial charge >= 0.3 is 43.8 Å². The van der Waals surface area contributed by atoms with Crippen molar-refractivity contribution >= 4 is 28.5 Å². The van der Waals surface area contributed by atoms with Crippen LogP contribution in [0.25, 0.3) is 0 Å². The van der Waals surface area contributed by atoms with Gasteiger partial charge in [-0.2, -0.15) is 0 Å². The van der Waals surface area contributed by atoms with Crippen LogP contribution in [0.1, 0.15) is 0 Å². The van der Waals surface area contributed by atoms with Crippen molar-refractivity contribution in [1.29, 1.82) is 0 Å². The van der Waals surface area contributed by atoms with E-state index >= 15 is 0 Å². The Kier molecular flexibility index (Phi) is 4.46. The second kappa shape index (κ2) is 4.25. The van der Waals surface area contributed by atoms with Crippen molar-refractivity contribution < 1.29 is 4.79 Å². The molecule has 0 saturated carbocycles. The van der Waals surface area contributed by atoms with Gasteiger partial charge in [-0.3, -0.25) is 0 Å². The first-order chi connectivity index (χ1) is 2.41. The van der Waals surface area contributed by atoms with E-state index in [1.807, 2.05) is 0 Å². The zero-order chi connectivity index (χ0) is 4.12. The van der Waals surface area contributed by atoms with Crippen LogP contribution in [0.4, 0.5) is 0 Å². The average molecular weight is 174 g/mol. The van der Waals surface area contributed by atoms with Crippen LogP contribution < -0.4 is 0 Å². The number of hydrogen-bond acceptors (Lipinski definition) is 1. The summed E-state index contributed by atoms with van der Waals surface area (Å²) in [5.41, 5.74) is 0. The molecule has 1 nitrogen and oxygen atoms in total. The fourth-order valence-electron chi connectivity index (χ4n) is 0.0417. The van der Waals surface area contributed by atoms with Crippen LogP contribution in [0.3, 0.4) is 0 Å². The third kappa shape index (κ3) is 4.25. The maximum absolute atomic E-state index is 9.24. The van der Waals surface area contributed by atoms with Gasteiger partial charge in [-0.05, 0) is 0 Å². The first kappa shape index (κ1) is 5.25. The van der Waals surface area contributed by atoms with E-state index in [0.717, 1.165) is 4.44 Å². The molecule has 0 aromatic rings. The van der Waals surface area contributed by atoms with E-state index in [-0.39, 0.29) is 0 Å². The summed E-state index contributed by atoms with van der Waals surface area (Å²) in [6, 6.07) is 0. The van der Waals surface area contributed by atoms with Crippen LogP contribution in [-0.4, -0.2) is 28.5 Å². The van der Waals surface area contributed by atoms with Crippen LogP contribution in [0.2, 0.25) is 4.44 Å². The summed E-state index contributed by atoms with van der Waals surface area (Å²) in [5, 5.41) is 0. The molecule has 0 heterocycles. The van der Waals surface area contributed by atoms with Crippen molar-refractivity contribution in [2.24, 2.45) is 0 Å². The topological polar surface area (TPSA) is 17.1 Å². The summed E-state index contributed by atoms with van der Waals surface area (Å²) in [5.74, 6) is 1.66. The van der Waals surface area contributed by atoms with E-state index in [9.17, 15) is 4.79 Å². The van der Waals surface area contributed by atoms with E-state index in [1.54, 1.807) is 5.94 Å². The molecule has 0 bridgehead atoms. The van der Waals surface area contributed by atoms with Gasteiger partial charge in [0.15, 0.2) is 0 Å². The molecule has 25 valence electrons. The summed E-state index contributed by atoms with van der Waals surface area (Å²) in [6.07, 6.45) is 1.48. The summed E-state index contributed by atoms with van der Waals surface area (Å²) in [4.78, 5) is 9.24. The van der Waals surface area contributed by atoms with Gasteiger partial charge in [0.05, 0.1) is 0 Å². The van der Waals surface area contributed by atoms with E-state index in [4.69, 9.17) is 0 Å². The van der Waals surface area contributed by atoms with Crippen molar-refractivity contribution in [1.82, 2.24) is 0 Å². The Morgan fingerprint density at radius 2 is 2.60 bits per heavy atom. The minimum atomic E-state index is 0.885. The van der Waals surface area contributed by atoms with Crippen LogP contribution in [-0.2, 0) is 4.79 Å². The normalized spacial score (nSPS) is 5.80. The zero-order valence-electron chi connectivity index (χ0n) is 2.69. The molecule has 0 rings (SSSR count). The number of rotatable bonds is 1. The van der Waals surface area contributed by atoms with Crippen molar-refractivity contribution in [3.63, 3.8) is 0 Å². The van der Waals surface area contributed by atoms with Gasteiger partial charge in [0, 0.05) is 0 Å². The summed E-state index contributed by atoms with van der Waals surface area (Å²) in [7, 11) is 0. The predicted octanol–water partition coefficient (Wildman–Crippen LogP) is -0.0390. The molecule has 2 heteroatoms. The monoisotopic (exact) mass is 175 g/mol. The molecule has 5 heavy (non-hydrogen) atoms. The Labute approximate surface area is 44.1 Å². The summed E-state index contributed by atoms with van der Waals surface area (Å²) < 4.78 is 0.885. The molecule has 0 aromatic carbocycles. The number of allylic oxidation sites excluding steroid dienone is 1. The molecule has 0 unspecified atom stereocenters. The SMILES string of the molecule is O=C=C[CH2][Sn]. The average Bonchev–Trinajstić information content (AvgIpc) is 1.41. The second-order valence-electron chi connectivity index (χ2n) is 0.526. The third-order valence-electron chi connectivity index (χ3n) is 0.185. The molecule has 0 atom stereocenters. The maximum atomic E-state index is 9.24. The van der Waals surface area contributed by atoms with Crippen LogP contribution >= 0.6 is 0 Å². The van der Waals surface area contributed by atoms with Gasteiger partial charge < -0.3 is 0 Å². The van der Waals surface area contributed by atoms with Gasteiger partial charge in [0.25, 0.3) is 0 Å². The molecular weight excluding hydrogens is 171 g/mol. The third-order valence-corrected chi connectivity index (χ3v) is 0.768. The second-order valence-corrected chi connectivity index (χ2v) is 1.69. The molecular formula is C3H3OSn. The van der Waals surface area contributed by atoms with Gasteiger partial charge in [-0.15, -0.1) is 0 Å². The molecule has 0 saturated heterocycles. The summed E-state index contributed by atoms with van der Waals surface area (Å²) in [6.45, 7) is 0. The predicted molar refractivity (Wildman–Crippen MR) is 20.8 cm³/mol. The van der Waals surface area contributed by atoms with E-state index in [1.165, 1.54) is 28.6 Å². The Balaban J connectivity index is 2.93. The van der Waals surface area contributed by atoms with E-state index in [2.05, 4.69) is 0 Å². The zero-order valence-corrected chi connectivity index (χ0v) is 5.55. The van der Waals surface area contributed by atoms with Crippen LogP contribution in [0, 0.1) is 0 Å². The van der Waals surface area contributed by atoms with E-state index < -0.39 is 0 Å². The van der Waals surface area contributed by atoms with Crippen LogP contribution in [0.5, 0.6) is 0 Å². The van der Waals surface area contributed by atoms with Gasteiger partial charge in [0.2, 0.25) is 0 Å². The molecule has 0 aliphatic heterocycles. The first-order valence-electron chi connectivity index (χ1n) is 1.25. The van der Waals surface area contributed by atoms with Crippen molar-refractivity contribution in [3.8, 4) is 0 Å². The molecule has 0 aromatic heterocycles. The Bertz CT molecular complexity index is 53.9. The molecule has 0 N–H and O–H groups in total. The number of hydrogen-bond donors (Lipinski definition) is 0. The van der Waals surface area contributed by atoms with Gasteiger partial charge in [-0.25, -0.2) is 0 Å². The Hall–Kier alpha value is 0.249. The molecule has 0 fully saturated rings. The standard InChI is InChI=1S/C3H3O.Sn/c1-2-3-4;/h2H,1H2;. The Morgan fingerprint density at radius 1 is 2.00 bits per heavy atom. The van der Waals surface area contributed by atoms with Crippen molar-refractivity contribution in [2.45, 2.75) is 4.44 Å².